The van der Waals surface area contributed by atoms with Crippen molar-refractivity contribution in [2.45, 2.75) is 373 Å². The molecule has 0 fully saturated rings. The fourth-order valence-corrected chi connectivity index (χ4v) is 8.70. The number of aliphatic carboxylic acids is 4. The van der Waals surface area contributed by atoms with Crippen molar-refractivity contribution in [3.05, 3.63) is 97.2 Å². The summed E-state index contributed by atoms with van der Waals surface area (Å²) >= 11 is 0. The van der Waals surface area contributed by atoms with Crippen molar-refractivity contribution in [1.29, 1.82) is 0 Å². The summed E-state index contributed by atoms with van der Waals surface area (Å²) in [6, 6.07) is 0. The number of carboxylic acids is 4. The molecule has 26 heteroatoms. The number of carboxylic acid groups (broad SMARTS) is 4. The Balaban J connectivity index is -0.000000141. The Morgan fingerprint density at radius 1 is 0.181 bits per heavy atom. The molecule has 0 saturated carbocycles. The zero-order valence-electron chi connectivity index (χ0n) is 72.6. The molecule has 0 amide bonds. The van der Waals surface area contributed by atoms with Crippen LogP contribution >= 0.6 is 0 Å². The van der Waals surface area contributed by atoms with E-state index in [1.165, 1.54) is 180 Å². The van der Waals surface area contributed by atoms with Crippen LogP contribution in [0.15, 0.2) is 97.2 Å². The molecule has 0 aliphatic carbocycles. The first-order valence-electron chi connectivity index (χ1n) is 43.4. The number of hydrogen-bond donors (Lipinski definition) is 22. The maximum atomic E-state index is 10.3. The van der Waals surface area contributed by atoms with Crippen LogP contribution in [0, 0.1) is 0 Å². The molecule has 0 aromatic heterocycles. The van der Waals surface area contributed by atoms with Crippen LogP contribution in [0.3, 0.4) is 0 Å². The number of hydrogen-bond acceptors (Lipinski definition) is 22. The minimum Gasteiger partial charge on any atom is -0.481 e. The molecule has 0 aliphatic heterocycles. The molecule has 692 valence electrons. The van der Waals surface area contributed by atoms with Gasteiger partial charge in [-0.3, -0.25) is 19.2 Å². The zero-order chi connectivity index (χ0) is 89.5. The van der Waals surface area contributed by atoms with Gasteiger partial charge in [0.25, 0.3) is 0 Å². The molecule has 0 atom stereocenters. The molecule has 26 nitrogen and oxygen atoms in total. The lowest BCUT2D eigenvalue weighted by Gasteiger charge is -1.98. The lowest BCUT2D eigenvalue weighted by Crippen LogP contribution is -2.15. The first-order valence-corrected chi connectivity index (χ1v) is 43.4. The van der Waals surface area contributed by atoms with E-state index in [9.17, 15) is 19.2 Å². The largest absolute Gasteiger partial charge is 0.481 e. The van der Waals surface area contributed by atoms with E-state index < -0.39 is 60.5 Å². The summed E-state index contributed by atoms with van der Waals surface area (Å²) in [5, 5.41) is 178. The quantitative estimate of drug-likeness (QED) is 0.0199. The monoisotopic (exact) mass is 1670 g/mol. The van der Waals surface area contributed by atoms with Crippen molar-refractivity contribution in [3.63, 3.8) is 0 Å². The Morgan fingerprint density at radius 2 is 0.293 bits per heavy atom. The Kier molecular flexibility index (Phi) is 146. The highest BCUT2D eigenvalue weighted by atomic mass is 16.4. The highest BCUT2D eigenvalue weighted by Gasteiger charge is 2.02. The Morgan fingerprint density at radius 3 is 0.397 bits per heavy atom. The van der Waals surface area contributed by atoms with E-state index in [0.717, 1.165) is 103 Å². The number of rotatable bonds is 68. The smallest absolute Gasteiger partial charge is 0.303 e. The van der Waals surface area contributed by atoms with E-state index in [2.05, 4.69) is 125 Å². The SMILES string of the molecule is CCCCC/C=C\C/C=C\CCCCCCCC(=O)O.CCCCC/C=C\C/C=C\CCCCCCCC(=O)O.CCCCC/C=C\C/C=C\CCCCCCCC(=O)O.CCCCC/C=C\C/C=C\CCCCCCCC(=O)O.OCC(O)CO.OCC(O)CO.OCC(O)CO.OCC(O)CO.OCC(O)CO.OCC(O)CO. The molecule has 0 spiro atoms. The summed E-state index contributed by atoms with van der Waals surface area (Å²) < 4.78 is 0. The fraction of sp³-hybridized carbons (Fsp3) is 0.778. The Labute approximate surface area is 701 Å². The van der Waals surface area contributed by atoms with Crippen LogP contribution in [0.5, 0.6) is 0 Å². The number of aliphatic hydroxyl groups is 18. The van der Waals surface area contributed by atoms with Crippen molar-refractivity contribution in [3.8, 4) is 0 Å². The zero-order valence-corrected chi connectivity index (χ0v) is 72.6. The third-order valence-corrected chi connectivity index (χ3v) is 15.9. The molecule has 0 aromatic carbocycles. The number of aliphatic hydroxyl groups excluding tert-OH is 18. The number of unbranched alkanes of at least 4 members (excludes halogenated alkanes) is 32. The van der Waals surface area contributed by atoms with Gasteiger partial charge >= 0.3 is 23.9 Å². The first kappa shape index (κ1) is 132. The molecule has 22 N–H and O–H groups in total. The van der Waals surface area contributed by atoms with E-state index in [1.807, 2.05) is 0 Å². The van der Waals surface area contributed by atoms with E-state index in [-0.39, 0.29) is 79.3 Å². The standard InChI is InChI=1S/4C18H32O2.6C3H8O3/c4*1-2-3-4-5-6-7-8-9-10-11-12-13-14-15-16-17-18(19)20;6*4-1-3(6)2-5/h4*6-7,9-10H,2-5,8,11-17H2,1H3,(H,19,20);6*3-6H,1-2H2/b4*7-6-,10-9-;;;;;;. The molecule has 116 heavy (non-hydrogen) atoms. The normalized spacial score (nSPS) is 11.1. The maximum absolute atomic E-state index is 10.3. The van der Waals surface area contributed by atoms with Crippen LogP contribution in [0.4, 0.5) is 0 Å². The third-order valence-electron chi connectivity index (χ3n) is 15.9. The maximum Gasteiger partial charge on any atom is 0.303 e. The molecule has 0 aromatic rings. The highest BCUT2D eigenvalue weighted by Crippen LogP contribution is 2.13. The second-order valence-electron chi connectivity index (χ2n) is 27.6. The van der Waals surface area contributed by atoms with Crippen molar-refractivity contribution in [1.82, 2.24) is 0 Å². The summed E-state index contributed by atoms with van der Waals surface area (Å²) in [6.45, 7) is 4.56. The van der Waals surface area contributed by atoms with Gasteiger partial charge in [0.15, 0.2) is 0 Å². The van der Waals surface area contributed by atoms with Gasteiger partial charge < -0.3 is 112 Å². The molecule has 0 saturated heterocycles. The second-order valence-corrected chi connectivity index (χ2v) is 27.6. The topological polar surface area (TPSA) is 513 Å². The summed E-state index contributed by atoms with van der Waals surface area (Å²) in [6.07, 6.45) is 83.4. The molecule has 0 bridgehead atoms. The van der Waals surface area contributed by atoms with Gasteiger partial charge in [0.1, 0.15) is 36.6 Å². The summed E-state index contributed by atoms with van der Waals surface area (Å²) in [5.41, 5.74) is 0. The number of allylic oxidation sites excluding steroid dienone is 16. The average Bonchev–Trinajstić information content (AvgIpc) is 1.36. The van der Waals surface area contributed by atoms with Crippen molar-refractivity contribution in [2.24, 2.45) is 0 Å². The van der Waals surface area contributed by atoms with Crippen LogP contribution in [-0.2, 0) is 19.2 Å². The predicted octanol–water partition coefficient (Wildman–Crippen LogP) is 13.5. The van der Waals surface area contributed by atoms with Crippen LogP contribution in [-0.4, -0.2) is 252 Å². The third kappa shape index (κ3) is 168. The highest BCUT2D eigenvalue weighted by molar-refractivity contribution is 5.67. The Bertz CT molecular complexity index is 1750. The van der Waals surface area contributed by atoms with Gasteiger partial charge in [-0.15, -0.1) is 0 Å². The predicted molar refractivity (Wildman–Crippen MR) is 469 cm³/mol. The van der Waals surface area contributed by atoms with Crippen LogP contribution in [0.1, 0.15) is 336 Å². The lowest BCUT2D eigenvalue weighted by molar-refractivity contribution is -0.138. The van der Waals surface area contributed by atoms with Crippen LogP contribution in [0.2, 0.25) is 0 Å². The lowest BCUT2D eigenvalue weighted by atomic mass is 10.1. The summed E-state index contributed by atoms with van der Waals surface area (Å²) in [5.74, 6) is -2.68. The molecule has 0 heterocycles. The molecule has 0 aliphatic rings. The van der Waals surface area contributed by atoms with Gasteiger partial charge in [-0.1, -0.05) is 253 Å². The van der Waals surface area contributed by atoms with Crippen LogP contribution in [0.25, 0.3) is 0 Å². The first-order chi connectivity index (χ1) is 55.9. The van der Waals surface area contributed by atoms with Crippen molar-refractivity contribution >= 4 is 23.9 Å². The molecule has 0 radical (unpaired) electrons. The fourth-order valence-electron chi connectivity index (χ4n) is 8.70. The van der Waals surface area contributed by atoms with Crippen molar-refractivity contribution in [2.75, 3.05) is 79.3 Å². The van der Waals surface area contributed by atoms with Gasteiger partial charge in [0, 0.05) is 25.7 Å². The summed E-state index contributed by atoms with van der Waals surface area (Å²) in [7, 11) is 0. The minimum atomic E-state index is -0.954. The van der Waals surface area contributed by atoms with Gasteiger partial charge in [-0.05, 0) is 154 Å². The van der Waals surface area contributed by atoms with E-state index in [1.54, 1.807) is 0 Å². The van der Waals surface area contributed by atoms with Crippen LogP contribution < -0.4 is 0 Å². The van der Waals surface area contributed by atoms with E-state index >= 15 is 0 Å². The minimum absolute atomic E-state index is 0.324. The average molecular weight is 1670 g/mol. The van der Waals surface area contributed by atoms with Crippen molar-refractivity contribution < 1.29 is 132 Å². The molecular weight excluding hydrogens is 1500 g/mol. The van der Waals surface area contributed by atoms with Gasteiger partial charge in [-0.25, -0.2) is 0 Å². The van der Waals surface area contributed by atoms with E-state index in [0.29, 0.717) is 25.7 Å². The van der Waals surface area contributed by atoms with Gasteiger partial charge in [0.05, 0.1) is 79.3 Å². The number of carbonyl (C=O) groups is 4. The van der Waals surface area contributed by atoms with Gasteiger partial charge in [0.2, 0.25) is 0 Å². The molecule has 0 rings (SSSR count). The molecular formula is C90H176O26. The summed E-state index contributed by atoms with van der Waals surface area (Å²) in [4.78, 5) is 41.3. The second kappa shape index (κ2) is 128. The molecule has 0 unspecified atom stereocenters. The van der Waals surface area contributed by atoms with E-state index in [4.69, 9.17) is 112 Å². The van der Waals surface area contributed by atoms with Gasteiger partial charge in [-0.2, -0.15) is 0 Å². The Hall–Kier alpha value is -4.92.